The number of carbonyl (C=O) groups excluding carboxylic acids is 2. The van der Waals surface area contributed by atoms with Crippen LogP contribution in [-0.4, -0.2) is 35.0 Å². The summed E-state index contributed by atoms with van der Waals surface area (Å²) in [6.07, 6.45) is 2.16. The second-order valence-electron chi connectivity index (χ2n) is 4.26. The van der Waals surface area contributed by atoms with Crippen LogP contribution in [0.2, 0.25) is 0 Å². The molecule has 1 aliphatic heterocycles. The zero-order chi connectivity index (χ0) is 13.8. The Morgan fingerprint density at radius 3 is 2.79 bits per heavy atom. The number of imide groups is 1. The summed E-state index contributed by atoms with van der Waals surface area (Å²) in [5, 5.41) is 11.8. The Bertz CT molecular complexity index is 537. The van der Waals surface area contributed by atoms with Gasteiger partial charge in [0.1, 0.15) is 5.70 Å². The molecule has 0 saturated carbocycles. The summed E-state index contributed by atoms with van der Waals surface area (Å²) in [6, 6.07) is 7.67. The summed E-state index contributed by atoms with van der Waals surface area (Å²) < 4.78 is 0. The van der Waals surface area contributed by atoms with Crippen molar-refractivity contribution < 1.29 is 14.7 Å². The largest absolute Gasteiger partial charge is 0.395 e. The number of amides is 2. The van der Waals surface area contributed by atoms with Crippen molar-refractivity contribution >= 4 is 17.5 Å². The van der Waals surface area contributed by atoms with Crippen LogP contribution in [0.4, 0.5) is 5.69 Å². The van der Waals surface area contributed by atoms with Crippen LogP contribution in [0.15, 0.2) is 36.0 Å². The van der Waals surface area contributed by atoms with E-state index < -0.39 is 11.8 Å². The Morgan fingerprint density at radius 2 is 2.11 bits per heavy atom. The first-order valence-corrected chi connectivity index (χ1v) is 6.20. The number of aliphatic hydroxyl groups excluding tert-OH is 1. The van der Waals surface area contributed by atoms with Gasteiger partial charge in [0.2, 0.25) is 0 Å². The fourth-order valence-electron chi connectivity index (χ4n) is 1.93. The van der Waals surface area contributed by atoms with Crippen LogP contribution >= 0.6 is 0 Å². The zero-order valence-electron chi connectivity index (χ0n) is 10.7. The van der Waals surface area contributed by atoms with E-state index in [-0.39, 0.29) is 18.8 Å². The first kappa shape index (κ1) is 13.3. The number of nitrogens with one attached hydrogen (secondary N) is 1. The normalized spacial score (nSPS) is 14.8. The lowest BCUT2D eigenvalue weighted by molar-refractivity contribution is -0.137. The van der Waals surface area contributed by atoms with Gasteiger partial charge in [0.25, 0.3) is 11.8 Å². The maximum Gasteiger partial charge on any atom is 0.277 e. The zero-order valence-corrected chi connectivity index (χ0v) is 10.7. The van der Waals surface area contributed by atoms with E-state index >= 15 is 0 Å². The molecule has 0 aliphatic carbocycles. The molecule has 0 spiro atoms. The molecule has 100 valence electrons. The van der Waals surface area contributed by atoms with E-state index in [1.54, 1.807) is 0 Å². The van der Waals surface area contributed by atoms with Crippen molar-refractivity contribution in [2.24, 2.45) is 0 Å². The molecule has 1 heterocycles. The van der Waals surface area contributed by atoms with Gasteiger partial charge in [-0.3, -0.25) is 14.5 Å². The van der Waals surface area contributed by atoms with Gasteiger partial charge < -0.3 is 10.4 Å². The molecule has 1 aromatic rings. The first-order valence-electron chi connectivity index (χ1n) is 6.20. The third-order valence-corrected chi connectivity index (χ3v) is 2.95. The van der Waals surface area contributed by atoms with E-state index in [4.69, 9.17) is 5.11 Å². The SMILES string of the molecule is CCc1cccc(NC2=CC(=O)N(CCO)C2=O)c1. The number of aryl methyl sites for hydroxylation is 1. The van der Waals surface area contributed by atoms with Crippen LogP contribution < -0.4 is 5.32 Å². The number of rotatable bonds is 5. The fraction of sp³-hybridized carbons (Fsp3) is 0.286. The van der Waals surface area contributed by atoms with E-state index in [2.05, 4.69) is 5.32 Å². The van der Waals surface area contributed by atoms with Gasteiger partial charge in [0, 0.05) is 11.8 Å². The van der Waals surface area contributed by atoms with Crippen molar-refractivity contribution in [3.63, 3.8) is 0 Å². The molecule has 1 aromatic carbocycles. The topological polar surface area (TPSA) is 69.6 Å². The molecule has 0 unspecified atom stereocenters. The lowest BCUT2D eigenvalue weighted by atomic mass is 10.1. The van der Waals surface area contributed by atoms with Crippen LogP contribution in [0, 0.1) is 0 Å². The van der Waals surface area contributed by atoms with Gasteiger partial charge in [-0.1, -0.05) is 19.1 Å². The second kappa shape index (κ2) is 5.67. The lowest BCUT2D eigenvalue weighted by Gasteiger charge is -2.13. The van der Waals surface area contributed by atoms with Gasteiger partial charge in [0.05, 0.1) is 13.2 Å². The minimum absolute atomic E-state index is 0.0222. The van der Waals surface area contributed by atoms with Crippen LogP contribution in [0.5, 0.6) is 0 Å². The summed E-state index contributed by atoms with van der Waals surface area (Å²) in [5.41, 5.74) is 2.17. The number of carbonyl (C=O) groups is 2. The van der Waals surface area contributed by atoms with Crippen molar-refractivity contribution in [1.82, 2.24) is 4.90 Å². The van der Waals surface area contributed by atoms with Gasteiger partial charge >= 0.3 is 0 Å². The Kier molecular flexibility index (Phi) is 3.97. The fourth-order valence-corrected chi connectivity index (χ4v) is 1.93. The highest BCUT2D eigenvalue weighted by Gasteiger charge is 2.30. The average molecular weight is 260 g/mol. The van der Waals surface area contributed by atoms with Crippen molar-refractivity contribution in [3.8, 4) is 0 Å². The number of hydrogen-bond acceptors (Lipinski definition) is 4. The molecule has 0 bridgehead atoms. The Morgan fingerprint density at radius 1 is 1.32 bits per heavy atom. The van der Waals surface area contributed by atoms with Crippen LogP contribution in [0.3, 0.4) is 0 Å². The molecule has 5 heteroatoms. The van der Waals surface area contributed by atoms with Gasteiger partial charge in [0.15, 0.2) is 0 Å². The molecule has 0 aromatic heterocycles. The third kappa shape index (κ3) is 2.82. The molecule has 1 aliphatic rings. The maximum absolute atomic E-state index is 11.9. The Balaban J connectivity index is 2.13. The highest BCUT2D eigenvalue weighted by molar-refractivity contribution is 6.17. The Hall–Kier alpha value is -2.14. The predicted molar refractivity (Wildman–Crippen MR) is 71.3 cm³/mol. The Labute approximate surface area is 111 Å². The molecule has 0 radical (unpaired) electrons. The number of benzene rings is 1. The summed E-state index contributed by atoms with van der Waals surface area (Å²) in [7, 11) is 0. The highest BCUT2D eigenvalue weighted by Crippen LogP contribution is 2.18. The second-order valence-corrected chi connectivity index (χ2v) is 4.26. The van der Waals surface area contributed by atoms with Crippen LogP contribution in [0.25, 0.3) is 0 Å². The summed E-state index contributed by atoms with van der Waals surface area (Å²) in [6.45, 7) is 1.84. The summed E-state index contributed by atoms with van der Waals surface area (Å²) in [4.78, 5) is 24.5. The quantitative estimate of drug-likeness (QED) is 0.772. The third-order valence-electron chi connectivity index (χ3n) is 2.95. The van der Waals surface area contributed by atoms with Gasteiger partial charge in [-0.05, 0) is 24.1 Å². The van der Waals surface area contributed by atoms with E-state index in [1.165, 1.54) is 6.08 Å². The minimum atomic E-state index is -0.402. The molecular formula is C14H16N2O3. The van der Waals surface area contributed by atoms with Gasteiger partial charge in [-0.15, -0.1) is 0 Å². The number of aliphatic hydroxyl groups is 1. The van der Waals surface area contributed by atoms with Gasteiger partial charge in [-0.2, -0.15) is 0 Å². The smallest absolute Gasteiger partial charge is 0.277 e. The molecule has 2 amide bonds. The number of hydrogen-bond donors (Lipinski definition) is 2. The van der Waals surface area contributed by atoms with E-state index in [0.29, 0.717) is 0 Å². The molecule has 0 saturated heterocycles. The van der Waals surface area contributed by atoms with E-state index in [0.717, 1.165) is 22.6 Å². The monoisotopic (exact) mass is 260 g/mol. The van der Waals surface area contributed by atoms with E-state index in [9.17, 15) is 9.59 Å². The van der Waals surface area contributed by atoms with Crippen molar-refractivity contribution in [1.29, 1.82) is 0 Å². The van der Waals surface area contributed by atoms with Crippen molar-refractivity contribution in [3.05, 3.63) is 41.6 Å². The minimum Gasteiger partial charge on any atom is -0.395 e. The number of anilines is 1. The summed E-state index contributed by atoms with van der Waals surface area (Å²) in [5.74, 6) is -0.797. The molecule has 19 heavy (non-hydrogen) atoms. The average Bonchev–Trinajstić information content (AvgIpc) is 2.67. The standard InChI is InChI=1S/C14H16N2O3/c1-2-10-4-3-5-11(8-10)15-12-9-13(18)16(6-7-17)14(12)19/h3-5,8-9,15,17H,2,6-7H2,1H3. The molecule has 0 atom stereocenters. The van der Waals surface area contributed by atoms with E-state index in [1.807, 2.05) is 31.2 Å². The predicted octanol–water partition coefficient (Wildman–Crippen LogP) is 0.906. The van der Waals surface area contributed by atoms with Crippen molar-refractivity contribution in [2.45, 2.75) is 13.3 Å². The molecular weight excluding hydrogens is 244 g/mol. The molecule has 2 rings (SSSR count). The highest BCUT2D eigenvalue weighted by atomic mass is 16.3. The molecule has 0 fully saturated rings. The van der Waals surface area contributed by atoms with Gasteiger partial charge in [-0.25, -0.2) is 0 Å². The maximum atomic E-state index is 11.9. The van der Waals surface area contributed by atoms with Crippen LogP contribution in [0.1, 0.15) is 12.5 Å². The number of nitrogens with zero attached hydrogens (tertiary/aromatic N) is 1. The molecule has 2 N–H and O–H groups in total. The lowest BCUT2D eigenvalue weighted by Crippen LogP contribution is -2.34. The molecule has 5 nitrogen and oxygen atoms in total. The first-order chi connectivity index (χ1) is 9.15. The van der Waals surface area contributed by atoms with Crippen molar-refractivity contribution in [2.75, 3.05) is 18.5 Å². The van der Waals surface area contributed by atoms with Crippen LogP contribution in [-0.2, 0) is 16.0 Å². The summed E-state index contributed by atoms with van der Waals surface area (Å²) >= 11 is 0. The number of β-amino-alcohol motifs (C(OH)–C–C–N with tert-alkyl or cyclic N) is 1.